The quantitative estimate of drug-likeness (QED) is 0.658. The van der Waals surface area contributed by atoms with Crippen LogP contribution in [0.4, 0.5) is 0 Å². The van der Waals surface area contributed by atoms with Crippen LogP contribution in [-0.4, -0.2) is 74.5 Å². The number of likely N-dealkylation sites (N-methyl/N-ethyl adjacent to an activating group) is 1. The second-order valence-electron chi connectivity index (χ2n) is 5.50. The van der Waals surface area contributed by atoms with Crippen LogP contribution < -0.4 is 10.6 Å². The zero-order valence-electron chi connectivity index (χ0n) is 12.2. The van der Waals surface area contributed by atoms with E-state index in [4.69, 9.17) is 0 Å². The van der Waals surface area contributed by atoms with Gasteiger partial charge in [-0.2, -0.15) is 0 Å². The molecular formula is C13H26N4O2. The number of hydrogen-bond acceptors (Lipinski definition) is 4. The molecule has 1 rings (SSSR count). The van der Waals surface area contributed by atoms with Crippen LogP contribution in [0, 0.1) is 5.92 Å². The lowest BCUT2D eigenvalue weighted by Gasteiger charge is -2.29. The molecule has 0 atom stereocenters. The molecule has 0 bridgehead atoms. The molecule has 2 amide bonds. The second-order valence-corrected chi connectivity index (χ2v) is 5.50. The SMILES string of the molecule is CC(C)CNC(=O)CN(C)CC(=O)N1CCNCC1. The summed E-state index contributed by atoms with van der Waals surface area (Å²) in [5.74, 6) is 0.515. The Labute approximate surface area is 115 Å². The van der Waals surface area contributed by atoms with E-state index in [0.29, 0.717) is 19.0 Å². The topological polar surface area (TPSA) is 64.7 Å². The van der Waals surface area contributed by atoms with E-state index in [1.807, 2.05) is 4.90 Å². The van der Waals surface area contributed by atoms with E-state index in [0.717, 1.165) is 26.2 Å². The Balaban J connectivity index is 2.23. The summed E-state index contributed by atoms with van der Waals surface area (Å²) in [7, 11) is 1.80. The molecule has 0 spiro atoms. The summed E-state index contributed by atoms with van der Waals surface area (Å²) >= 11 is 0. The third-order valence-corrected chi connectivity index (χ3v) is 3.00. The predicted octanol–water partition coefficient (Wildman–Crippen LogP) is -0.878. The Morgan fingerprint density at radius 2 is 1.89 bits per heavy atom. The number of hydrogen-bond donors (Lipinski definition) is 2. The van der Waals surface area contributed by atoms with Crippen LogP contribution in [0.1, 0.15) is 13.8 Å². The summed E-state index contributed by atoms with van der Waals surface area (Å²) in [6.07, 6.45) is 0. The van der Waals surface area contributed by atoms with Crippen molar-refractivity contribution in [3.8, 4) is 0 Å². The van der Waals surface area contributed by atoms with E-state index in [-0.39, 0.29) is 18.4 Å². The van der Waals surface area contributed by atoms with Crippen molar-refractivity contribution < 1.29 is 9.59 Å². The zero-order valence-corrected chi connectivity index (χ0v) is 12.2. The average molecular weight is 270 g/mol. The van der Waals surface area contributed by atoms with Gasteiger partial charge in [0.05, 0.1) is 13.1 Å². The van der Waals surface area contributed by atoms with Gasteiger partial charge in [0.15, 0.2) is 0 Å². The molecule has 0 aromatic carbocycles. The Morgan fingerprint density at radius 3 is 2.47 bits per heavy atom. The van der Waals surface area contributed by atoms with Crippen LogP contribution >= 0.6 is 0 Å². The molecule has 1 saturated heterocycles. The van der Waals surface area contributed by atoms with Crippen LogP contribution in [0.3, 0.4) is 0 Å². The number of piperazine rings is 1. The Morgan fingerprint density at radius 1 is 1.26 bits per heavy atom. The smallest absolute Gasteiger partial charge is 0.236 e. The van der Waals surface area contributed by atoms with Crippen molar-refractivity contribution in [3.05, 3.63) is 0 Å². The van der Waals surface area contributed by atoms with Crippen molar-refractivity contribution in [3.63, 3.8) is 0 Å². The van der Waals surface area contributed by atoms with Crippen molar-refractivity contribution in [1.82, 2.24) is 20.4 Å². The fourth-order valence-corrected chi connectivity index (χ4v) is 1.92. The molecule has 1 fully saturated rings. The maximum absolute atomic E-state index is 12.0. The molecule has 0 aromatic rings. The van der Waals surface area contributed by atoms with Gasteiger partial charge in [0, 0.05) is 32.7 Å². The molecule has 0 unspecified atom stereocenters. The van der Waals surface area contributed by atoms with Gasteiger partial charge in [-0.3, -0.25) is 14.5 Å². The lowest BCUT2D eigenvalue weighted by molar-refractivity contribution is -0.133. The van der Waals surface area contributed by atoms with E-state index in [9.17, 15) is 9.59 Å². The average Bonchev–Trinajstić information content (AvgIpc) is 2.37. The van der Waals surface area contributed by atoms with Crippen molar-refractivity contribution >= 4 is 11.8 Å². The molecule has 1 aliphatic rings. The van der Waals surface area contributed by atoms with Gasteiger partial charge in [-0.15, -0.1) is 0 Å². The number of carbonyl (C=O) groups is 2. The molecule has 6 nitrogen and oxygen atoms in total. The summed E-state index contributed by atoms with van der Waals surface area (Å²) in [6, 6.07) is 0. The summed E-state index contributed by atoms with van der Waals surface area (Å²) in [5.41, 5.74) is 0. The van der Waals surface area contributed by atoms with Gasteiger partial charge in [-0.05, 0) is 13.0 Å². The second kappa shape index (κ2) is 8.12. The summed E-state index contributed by atoms with van der Waals surface area (Å²) in [5, 5.41) is 6.06. The fraction of sp³-hybridized carbons (Fsp3) is 0.846. The standard InChI is InChI=1S/C13H26N4O2/c1-11(2)8-15-12(18)9-16(3)10-13(19)17-6-4-14-5-7-17/h11,14H,4-10H2,1-3H3,(H,15,18). The first-order chi connectivity index (χ1) is 8.99. The van der Waals surface area contributed by atoms with Gasteiger partial charge in [0.2, 0.25) is 11.8 Å². The minimum atomic E-state index is -0.0238. The first-order valence-corrected chi connectivity index (χ1v) is 6.92. The Hall–Kier alpha value is -1.14. The summed E-state index contributed by atoms with van der Waals surface area (Å²) in [4.78, 5) is 27.2. The summed E-state index contributed by atoms with van der Waals surface area (Å²) in [6.45, 7) is 8.57. The van der Waals surface area contributed by atoms with E-state index in [2.05, 4.69) is 24.5 Å². The maximum Gasteiger partial charge on any atom is 0.236 e. The monoisotopic (exact) mass is 270 g/mol. The first-order valence-electron chi connectivity index (χ1n) is 6.92. The highest BCUT2D eigenvalue weighted by Gasteiger charge is 2.18. The lowest BCUT2D eigenvalue weighted by atomic mass is 10.2. The molecule has 0 saturated carbocycles. The number of rotatable bonds is 6. The minimum absolute atomic E-state index is 0.0238. The largest absolute Gasteiger partial charge is 0.355 e. The molecule has 110 valence electrons. The third-order valence-electron chi connectivity index (χ3n) is 3.00. The fourth-order valence-electron chi connectivity index (χ4n) is 1.92. The van der Waals surface area contributed by atoms with Gasteiger partial charge in [-0.25, -0.2) is 0 Å². The first kappa shape index (κ1) is 15.9. The van der Waals surface area contributed by atoms with Crippen LogP contribution in [0.2, 0.25) is 0 Å². The molecular weight excluding hydrogens is 244 g/mol. The van der Waals surface area contributed by atoms with E-state index in [1.54, 1.807) is 11.9 Å². The molecule has 19 heavy (non-hydrogen) atoms. The number of nitrogens with zero attached hydrogens (tertiary/aromatic N) is 2. The highest BCUT2D eigenvalue weighted by molar-refractivity contribution is 5.81. The highest BCUT2D eigenvalue weighted by atomic mass is 16.2. The minimum Gasteiger partial charge on any atom is -0.355 e. The molecule has 0 aliphatic carbocycles. The number of carbonyl (C=O) groups excluding carboxylic acids is 2. The Bertz CT molecular complexity index is 301. The van der Waals surface area contributed by atoms with Crippen LogP contribution in [0.5, 0.6) is 0 Å². The van der Waals surface area contributed by atoms with Crippen molar-refractivity contribution in [2.24, 2.45) is 5.92 Å². The van der Waals surface area contributed by atoms with Crippen molar-refractivity contribution in [2.75, 3.05) is 52.9 Å². The molecule has 6 heteroatoms. The molecule has 2 N–H and O–H groups in total. The van der Waals surface area contributed by atoms with E-state index < -0.39 is 0 Å². The van der Waals surface area contributed by atoms with Gasteiger partial charge < -0.3 is 15.5 Å². The van der Waals surface area contributed by atoms with Crippen LogP contribution in [0.25, 0.3) is 0 Å². The molecule has 1 heterocycles. The van der Waals surface area contributed by atoms with Crippen LogP contribution in [-0.2, 0) is 9.59 Å². The normalized spacial score (nSPS) is 15.9. The van der Waals surface area contributed by atoms with E-state index in [1.165, 1.54) is 0 Å². The summed E-state index contributed by atoms with van der Waals surface area (Å²) < 4.78 is 0. The van der Waals surface area contributed by atoms with Gasteiger partial charge in [-0.1, -0.05) is 13.8 Å². The molecule has 1 aliphatic heterocycles. The molecule has 0 radical (unpaired) electrons. The van der Waals surface area contributed by atoms with Gasteiger partial charge in [0.25, 0.3) is 0 Å². The van der Waals surface area contributed by atoms with Crippen molar-refractivity contribution in [2.45, 2.75) is 13.8 Å². The lowest BCUT2D eigenvalue weighted by Crippen LogP contribution is -2.50. The number of nitrogens with one attached hydrogen (secondary N) is 2. The zero-order chi connectivity index (χ0) is 14.3. The predicted molar refractivity (Wildman–Crippen MR) is 74.8 cm³/mol. The van der Waals surface area contributed by atoms with Gasteiger partial charge >= 0.3 is 0 Å². The molecule has 0 aromatic heterocycles. The maximum atomic E-state index is 12.0. The Kier molecular flexibility index (Phi) is 6.80. The third kappa shape index (κ3) is 6.54. The number of amides is 2. The van der Waals surface area contributed by atoms with Gasteiger partial charge in [0.1, 0.15) is 0 Å². The van der Waals surface area contributed by atoms with E-state index >= 15 is 0 Å². The van der Waals surface area contributed by atoms with Crippen LogP contribution in [0.15, 0.2) is 0 Å². The van der Waals surface area contributed by atoms with Crippen molar-refractivity contribution in [1.29, 1.82) is 0 Å². The highest BCUT2D eigenvalue weighted by Crippen LogP contribution is 1.95.